The molecule has 150 valence electrons. The molecule has 1 aromatic carbocycles. The van der Waals surface area contributed by atoms with Gasteiger partial charge < -0.3 is 24.8 Å². The zero-order valence-corrected chi connectivity index (χ0v) is 16.5. The van der Waals surface area contributed by atoms with Gasteiger partial charge in [0, 0.05) is 42.2 Å². The third-order valence-electron chi connectivity index (χ3n) is 4.79. The quantitative estimate of drug-likeness (QED) is 0.788. The summed E-state index contributed by atoms with van der Waals surface area (Å²) in [5.41, 5.74) is 1.73. The number of carbonyl (C=O) groups is 1. The maximum Gasteiger partial charge on any atom is 0.319 e. The van der Waals surface area contributed by atoms with Crippen LogP contribution in [-0.4, -0.2) is 37.4 Å². The van der Waals surface area contributed by atoms with E-state index in [1.54, 1.807) is 38.6 Å². The number of benzene rings is 1. The summed E-state index contributed by atoms with van der Waals surface area (Å²) in [6, 6.07) is 9.04. The fourth-order valence-corrected chi connectivity index (χ4v) is 3.25. The first-order valence-electron chi connectivity index (χ1n) is 9.45. The first-order chi connectivity index (χ1) is 13.6. The molecule has 0 bridgehead atoms. The molecule has 1 saturated carbocycles. The molecule has 0 atom stereocenters. The lowest BCUT2D eigenvalue weighted by Gasteiger charge is -2.29. The van der Waals surface area contributed by atoms with Crippen LogP contribution in [-0.2, 0) is 0 Å². The Hall–Kier alpha value is -2.96. The van der Waals surface area contributed by atoms with Gasteiger partial charge in [0.05, 0.1) is 14.2 Å². The van der Waals surface area contributed by atoms with Crippen LogP contribution in [0.3, 0.4) is 0 Å². The average molecular weight is 385 g/mol. The molecule has 0 saturated heterocycles. The molecule has 1 aliphatic carbocycles. The molecule has 2 aromatic rings. The molecule has 0 unspecified atom stereocenters. The van der Waals surface area contributed by atoms with Gasteiger partial charge in [-0.3, -0.25) is 0 Å². The molecule has 0 radical (unpaired) electrons. The zero-order chi connectivity index (χ0) is 19.9. The number of ether oxygens (including phenoxy) is 3. The maximum atomic E-state index is 12.3. The highest BCUT2D eigenvalue weighted by atomic mass is 16.5. The van der Waals surface area contributed by atoms with Crippen molar-refractivity contribution in [3.63, 3.8) is 0 Å². The summed E-state index contributed by atoms with van der Waals surface area (Å²) in [5.74, 6) is 1.90. The van der Waals surface area contributed by atoms with Crippen LogP contribution < -0.4 is 24.8 Å². The van der Waals surface area contributed by atoms with Crippen LogP contribution in [0.25, 0.3) is 0 Å². The predicted octanol–water partition coefficient (Wildman–Crippen LogP) is 3.92. The van der Waals surface area contributed by atoms with Gasteiger partial charge in [0.15, 0.2) is 0 Å². The lowest BCUT2D eigenvalue weighted by Crippen LogP contribution is -2.41. The Bertz CT molecular complexity index is 764. The van der Waals surface area contributed by atoms with Gasteiger partial charge in [0.25, 0.3) is 0 Å². The molecule has 1 fully saturated rings. The van der Waals surface area contributed by atoms with Gasteiger partial charge in [-0.2, -0.15) is 0 Å². The number of pyridine rings is 1. The molecular weight excluding hydrogens is 358 g/mol. The van der Waals surface area contributed by atoms with E-state index in [1.165, 1.54) is 0 Å². The van der Waals surface area contributed by atoms with Crippen LogP contribution in [0.1, 0.15) is 31.2 Å². The largest absolute Gasteiger partial charge is 0.497 e. The number of aromatic nitrogens is 1. The molecule has 2 amide bonds. The minimum Gasteiger partial charge on any atom is -0.497 e. The van der Waals surface area contributed by atoms with Crippen LogP contribution in [0.15, 0.2) is 36.5 Å². The number of carbonyl (C=O) groups excluding carboxylic acids is 1. The van der Waals surface area contributed by atoms with E-state index in [0.717, 1.165) is 31.2 Å². The SMILES string of the molecule is COc1cc(NC(=O)NC2CCC(Oc3ccc(C)cn3)CC2)cc(OC)c1. The van der Waals surface area contributed by atoms with Gasteiger partial charge in [0.2, 0.25) is 5.88 Å². The van der Waals surface area contributed by atoms with Crippen LogP contribution in [0, 0.1) is 6.92 Å². The van der Waals surface area contributed by atoms with E-state index >= 15 is 0 Å². The molecule has 3 rings (SSSR count). The van der Waals surface area contributed by atoms with E-state index in [-0.39, 0.29) is 18.2 Å². The summed E-state index contributed by atoms with van der Waals surface area (Å²) < 4.78 is 16.4. The van der Waals surface area contributed by atoms with Crippen molar-refractivity contribution in [1.29, 1.82) is 0 Å². The number of hydrogen-bond acceptors (Lipinski definition) is 5. The van der Waals surface area contributed by atoms with E-state index < -0.39 is 0 Å². The summed E-state index contributed by atoms with van der Waals surface area (Å²) in [5, 5.41) is 5.87. The van der Waals surface area contributed by atoms with Crippen LogP contribution in [0.4, 0.5) is 10.5 Å². The monoisotopic (exact) mass is 385 g/mol. The van der Waals surface area contributed by atoms with Crippen molar-refractivity contribution in [3.05, 3.63) is 42.1 Å². The molecule has 1 aliphatic rings. The Morgan fingerprint density at radius 2 is 1.71 bits per heavy atom. The van der Waals surface area contributed by atoms with Crippen LogP contribution >= 0.6 is 0 Å². The van der Waals surface area contributed by atoms with Crippen molar-refractivity contribution < 1.29 is 19.0 Å². The zero-order valence-electron chi connectivity index (χ0n) is 16.5. The fourth-order valence-electron chi connectivity index (χ4n) is 3.25. The van der Waals surface area contributed by atoms with Gasteiger partial charge in [0.1, 0.15) is 17.6 Å². The van der Waals surface area contributed by atoms with Gasteiger partial charge in [-0.15, -0.1) is 0 Å². The highest BCUT2D eigenvalue weighted by molar-refractivity contribution is 5.90. The number of aryl methyl sites for hydroxylation is 1. The van der Waals surface area contributed by atoms with Gasteiger partial charge >= 0.3 is 6.03 Å². The van der Waals surface area contributed by atoms with E-state index in [9.17, 15) is 4.79 Å². The van der Waals surface area contributed by atoms with E-state index in [1.807, 2.05) is 19.1 Å². The summed E-state index contributed by atoms with van der Waals surface area (Å²) in [6.45, 7) is 2.00. The second kappa shape index (κ2) is 9.30. The van der Waals surface area contributed by atoms with Crippen molar-refractivity contribution in [1.82, 2.24) is 10.3 Å². The van der Waals surface area contributed by atoms with E-state index in [2.05, 4.69) is 15.6 Å². The van der Waals surface area contributed by atoms with Gasteiger partial charge in [-0.25, -0.2) is 9.78 Å². The Morgan fingerprint density at radius 1 is 1.04 bits per heavy atom. The fraction of sp³-hybridized carbons (Fsp3) is 0.429. The van der Waals surface area contributed by atoms with Crippen molar-refractivity contribution in [3.8, 4) is 17.4 Å². The lowest BCUT2D eigenvalue weighted by atomic mass is 9.93. The topological polar surface area (TPSA) is 81.7 Å². The molecule has 7 nitrogen and oxygen atoms in total. The normalized spacial score (nSPS) is 18.8. The van der Waals surface area contributed by atoms with Crippen molar-refractivity contribution in [2.24, 2.45) is 0 Å². The highest BCUT2D eigenvalue weighted by Crippen LogP contribution is 2.26. The van der Waals surface area contributed by atoms with Crippen LogP contribution in [0.5, 0.6) is 17.4 Å². The minimum atomic E-state index is -0.236. The smallest absolute Gasteiger partial charge is 0.319 e. The number of nitrogens with one attached hydrogen (secondary N) is 2. The summed E-state index contributed by atoms with van der Waals surface area (Å²) in [6.07, 6.45) is 5.44. The van der Waals surface area contributed by atoms with Crippen LogP contribution in [0.2, 0.25) is 0 Å². The Kier molecular flexibility index (Phi) is 6.57. The second-order valence-electron chi connectivity index (χ2n) is 6.97. The van der Waals surface area contributed by atoms with Crippen molar-refractivity contribution >= 4 is 11.7 Å². The molecule has 7 heteroatoms. The summed E-state index contributed by atoms with van der Waals surface area (Å²) >= 11 is 0. The van der Waals surface area contributed by atoms with E-state index in [0.29, 0.717) is 23.1 Å². The number of urea groups is 1. The number of methoxy groups -OCH3 is 2. The Morgan fingerprint density at radius 3 is 2.29 bits per heavy atom. The summed E-state index contributed by atoms with van der Waals surface area (Å²) in [7, 11) is 3.15. The number of amides is 2. The molecular formula is C21H27N3O4. The van der Waals surface area contributed by atoms with Gasteiger partial charge in [-0.05, 0) is 38.2 Å². The first kappa shape index (κ1) is 19.8. The molecule has 28 heavy (non-hydrogen) atoms. The Balaban J connectivity index is 1.46. The summed E-state index contributed by atoms with van der Waals surface area (Å²) in [4.78, 5) is 16.6. The third-order valence-corrected chi connectivity index (χ3v) is 4.79. The molecule has 2 N–H and O–H groups in total. The first-order valence-corrected chi connectivity index (χ1v) is 9.45. The maximum absolute atomic E-state index is 12.3. The lowest BCUT2D eigenvalue weighted by molar-refractivity contribution is 0.135. The third kappa shape index (κ3) is 5.52. The molecule has 1 aromatic heterocycles. The number of hydrogen-bond donors (Lipinski definition) is 2. The molecule has 0 aliphatic heterocycles. The average Bonchev–Trinajstić information content (AvgIpc) is 2.70. The standard InChI is InChI=1S/C21H27N3O4/c1-14-4-9-20(22-13-14)28-17-7-5-15(6-8-17)23-21(25)24-16-10-18(26-2)12-19(11-16)27-3/h4,9-13,15,17H,5-8H2,1-3H3,(H2,23,24,25). The highest BCUT2D eigenvalue weighted by Gasteiger charge is 2.24. The molecule has 1 heterocycles. The molecule has 0 spiro atoms. The van der Waals surface area contributed by atoms with Crippen molar-refractivity contribution in [2.45, 2.75) is 44.8 Å². The van der Waals surface area contributed by atoms with Gasteiger partial charge in [-0.1, -0.05) is 6.07 Å². The second-order valence-corrected chi connectivity index (χ2v) is 6.97. The predicted molar refractivity (Wildman–Crippen MR) is 107 cm³/mol. The minimum absolute atomic E-state index is 0.123. The van der Waals surface area contributed by atoms with E-state index in [4.69, 9.17) is 14.2 Å². The number of rotatable bonds is 6. The number of nitrogens with zero attached hydrogens (tertiary/aromatic N) is 1. The van der Waals surface area contributed by atoms with Crippen molar-refractivity contribution in [2.75, 3.05) is 19.5 Å². The number of anilines is 1. The Labute approximate surface area is 165 Å².